The molecule has 0 aliphatic heterocycles. The van der Waals surface area contributed by atoms with Gasteiger partial charge in [-0.2, -0.15) is 0 Å². The Hall–Kier alpha value is -2.24. The molecule has 0 spiro atoms. The first kappa shape index (κ1) is 12.2. The van der Waals surface area contributed by atoms with Crippen LogP contribution in [0.2, 0.25) is 0 Å². The number of hydrogen-bond donors (Lipinski definition) is 1. The quantitative estimate of drug-likeness (QED) is 0.896. The van der Waals surface area contributed by atoms with Gasteiger partial charge in [-0.3, -0.25) is 4.79 Å². The highest BCUT2D eigenvalue weighted by Gasteiger charge is 2.10. The van der Waals surface area contributed by atoms with Crippen LogP contribution >= 0.6 is 0 Å². The summed E-state index contributed by atoms with van der Waals surface area (Å²) < 4.78 is 15.0. The van der Waals surface area contributed by atoms with Gasteiger partial charge < -0.3 is 5.11 Å². The molecule has 2 rings (SSSR count). The average molecular weight is 249 g/mol. The Labute approximate surface area is 103 Å². The van der Waals surface area contributed by atoms with E-state index in [4.69, 9.17) is 5.11 Å². The third kappa shape index (κ3) is 2.53. The molecule has 0 amide bonds. The van der Waals surface area contributed by atoms with E-state index in [0.717, 1.165) is 5.56 Å². The van der Waals surface area contributed by atoms with Gasteiger partial charge in [0.25, 0.3) is 0 Å². The normalized spacial score (nSPS) is 10.6. The molecule has 0 fully saturated rings. The van der Waals surface area contributed by atoms with Crippen molar-refractivity contribution >= 4 is 5.97 Å². The second-order valence-corrected chi connectivity index (χ2v) is 3.95. The Balaban J connectivity index is 2.27. The maximum atomic E-state index is 13.7. The zero-order chi connectivity index (χ0) is 13.1. The number of nitrogens with zero attached hydrogens (tertiary/aromatic N) is 3. The number of aliphatic carboxylic acids is 1. The van der Waals surface area contributed by atoms with E-state index in [9.17, 15) is 9.18 Å². The molecule has 5 nitrogen and oxygen atoms in total. The minimum Gasteiger partial charge on any atom is -0.481 e. The maximum Gasteiger partial charge on any atom is 0.303 e. The van der Waals surface area contributed by atoms with E-state index in [2.05, 4.69) is 10.3 Å². The minimum atomic E-state index is -0.897. The van der Waals surface area contributed by atoms with Crippen molar-refractivity contribution in [2.24, 2.45) is 0 Å². The van der Waals surface area contributed by atoms with Crippen LogP contribution in [0.4, 0.5) is 4.39 Å². The molecule has 0 saturated heterocycles. The summed E-state index contributed by atoms with van der Waals surface area (Å²) in [6.45, 7) is 1.77. The van der Waals surface area contributed by atoms with Crippen molar-refractivity contribution in [2.45, 2.75) is 19.8 Å². The topological polar surface area (TPSA) is 68.0 Å². The molecule has 1 heterocycles. The first-order chi connectivity index (χ1) is 8.58. The Morgan fingerprint density at radius 2 is 2.28 bits per heavy atom. The van der Waals surface area contributed by atoms with Gasteiger partial charge in [-0.05, 0) is 18.6 Å². The van der Waals surface area contributed by atoms with E-state index in [1.165, 1.54) is 10.7 Å². The van der Waals surface area contributed by atoms with E-state index in [1.54, 1.807) is 25.3 Å². The number of aromatic nitrogens is 3. The Morgan fingerprint density at radius 1 is 1.50 bits per heavy atom. The summed E-state index contributed by atoms with van der Waals surface area (Å²) in [6, 6.07) is 4.74. The molecule has 0 radical (unpaired) electrons. The van der Waals surface area contributed by atoms with Crippen molar-refractivity contribution in [3.8, 4) is 5.69 Å². The van der Waals surface area contributed by atoms with Gasteiger partial charge in [0, 0.05) is 6.42 Å². The molecule has 2 aromatic rings. The summed E-state index contributed by atoms with van der Waals surface area (Å²) >= 11 is 0. The first-order valence-corrected chi connectivity index (χ1v) is 5.46. The van der Waals surface area contributed by atoms with Crippen molar-refractivity contribution in [2.75, 3.05) is 0 Å². The highest BCUT2D eigenvalue weighted by Crippen LogP contribution is 2.17. The molecular weight excluding hydrogens is 237 g/mol. The van der Waals surface area contributed by atoms with Crippen LogP contribution in [0.15, 0.2) is 24.4 Å². The fraction of sp³-hybridized carbons (Fsp3) is 0.250. The highest BCUT2D eigenvalue weighted by molar-refractivity contribution is 5.66. The van der Waals surface area contributed by atoms with Gasteiger partial charge in [-0.25, -0.2) is 9.07 Å². The molecule has 1 aromatic carbocycles. The Bertz CT molecular complexity index is 560. The molecule has 0 atom stereocenters. The lowest BCUT2D eigenvalue weighted by molar-refractivity contribution is -0.136. The zero-order valence-electron chi connectivity index (χ0n) is 9.80. The molecule has 94 valence electrons. The number of hydrogen-bond acceptors (Lipinski definition) is 3. The SMILES string of the molecule is Cc1cccc(F)c1-n1cc(CCC(=O)O)nn1. The van der Waals surface area contributed by atoms with Gasteiger partial charge in [-0.15, -0.1) is 5.10 Å². The number of aryl methyl sites for hydroxylation is 2. The summed E-state index contributed by atoms with van der Waals surface area (Å²) in [7, 11) is 0. The minimum absolute atomic E-state index is 0.0189. The van der Waals surface area contributed by atoms with Gasteiger partial charge in [0.2, 0.25) is 0 Å². The third-order valence-corrected chi connectivity index (χ3v) is 2.55. The van der Waals surface area contributed by atoms with E-state index >= 15 is 0 Å². The third-order valence-electron chi connectivity index (χ3n) is 2.55. The molecule has 1 aromatic heterocycles. The van der Waals surface area contributed by atoms with Gasteiger partial charge in [0.1, 0.15) is 11.5 Å². The monoisotopic (exact) mass is 249 g/mol. The van der Waals surface area contributed by atoms with E-state index < -0.39 is 5.97 Å². The van der Waals surface area contributed by atoms with Gasteiger partial charge in [-0.1, -0.05) is 17.3 Å². The van der Waals surface area contributed by atoms with Crippen molar-refractivity contribution in [3.63, 3.8) is 0 Å². The molecule has 6 heteroatoms. The number of carbonyl (C=O) groups is 1. The van der Waals surface area contributed by atoms with E-state index in [1.807, 2.05) is 0 Å². The van der Waals surface area contributed by atoms with Gasteiger partial charge in [0.05, 0.1) is 18.3 Å². The molecule has 18 heavy (non-hydrogen) atoms. The summed E-state index contributed by atoms with van der Waals surface area (Å²) in [5, 5.41) is 16.2. The van der Waals surface area contributed by atoms with Crippen molar-refractivity contribution < 1.29 is 14.3 Å². The van der Waals surface area contributed by atoms with Crippen LogP contribution in [-0.2, 0) is 11.2 Å². The predicted molar refractivity (Wildman–Crippen MR) is 62.0 cm³/mol. The lowest BCUT2D eigenvalue weighted by Crippen LogP contribution is -2.01. The van der Waals surface area contributed by atoms with Gasteiger partial charge >= 0.3 is 5.97 Å². The van der Waals surface area contributed by atoms with Gasteiger partial charge in [0.15, 0.2) is 0 Å². The number of halogens is 1. The van der Waals surface area contributed by atoms with Crippen molar-refractivity contribution in [3.05, 3.63) is 41.5 Å². The Kier molecular flexibility index (Phi) is 3.36. The number of carboxylic acid groups (broad SMARTS) is 1. The number of para-hydroxylation sites is 1. The summed E-state index contributed by atoms with van der Waals surface area (Å²) in [4.78, 5) is 10.4. The Morgan fingerprint density at radius 3 is 2.94 bits per heavy atom. The van der Waals surface area contributed by atoms with Crippen LogP contribution < -0.4 is 0 Å². The average Bonchev–Trinajstić information content (AvgIpc) is 2.75. The van der Waals surface area contributed by atoms with E-state index in [0.29, 0.717) is 11.4 Å². The molecule has 1 N–H and O–H groups in total. The highest BCUT2D eigenvalue weighted by atomic mass is 19.1. The summed E-state index contributed by atoms with van der Waals surface area (Å²) in [5.74, 6) is -1.28. The molecule has 0 unspecified atom stereocenters. The molecular formula is C12H12FN3O2. The molecule has 0 aliphatic carbocycles. The lowest BCUT2D eigenvalue weighted by Gasteiger charge is -2.05. The largest absolute Gasteiger partial charge is 0.481 e. The smallest absolute Gasteiger partial charge is 0.303 e. The van der Waals surface area contributed by atoms with Crippen molar-refractivity contribution in [1.82, 2.24) is 15.0 Å². The van der Waals surface area contributed by atoms with Crippen LogP contribution in [-0.4, -0.2) is 26.1 Å². The predicted octanol–water partition coefficient (Wildman–Crippen LogP) is 1.73. The fourth-order valence-corrected chi connectivity index (χ4v) is 1.67. The van der Waals surface area contributed by atoms with Crippen LogP contribution in [0, 0.1) is 12.7 Å². The standard InChI is InChI=1S/C12H12FN3O2/c1-8-3-2-4-10(13)12(8)16-7-9(14-15-16)5-6-11(17)18/h2-4,7H,5-6H2,1H3,(H,17,18). The molecule has 0 aliphatic rings. The molecule has 0 bridgehead atoms. The van der Waals surface area contributed by atoms with Crippen LogP contribution in [0.1, 0.15) is 17.7 Å². The summed E-state index contributed by atoms with van der Waals surface area (Å²) in [5.41, 5.74) is 1.61. The lowest BCUT2D eigenvalue weighted by atomic mass is 10.2. The number of carboxylic acids is 1. The number of rotatable bonds is 4. The van der Waals surface area contributed by atoms with Crippen LogP contribution in [0.5, 0.6) is 0 Å². The summed E-state index contributed by atoms with van der Waals surface area (Å²) in [6.07, 6.45) is 1.81. The zero-order valence-corrected chi connectivity index (χ0v) is 9.80. The van der Waals surface area contributed by atoms with Crippen molar-refractivity contribution in [1.29, 1.82) is 0 Å². The van der Waals surface area contributed by atoms with E-state index in [-0.39, 0.29) is 18.7 Å². The first-order valence-electron chi connectivity index (χ1n) is 5.46. The maximum absolute atomic E-state index is 13.7. The second kappa shape index (κ2) is 4.95. The second-order valence-electron chi connectivity index (χ2n) is 3.95. The van der Waals surface area contributed by atoms with Crippen LogP contribution in [0.25, 0.3) is 5.69 Å². The van der Waals surface area contributed by atoms with Crippen LogP contribution in [0.3, 0.4) is 0 Å². The number of benzene rings is 1. The fourth-order valence-electron chi connectivity index (χ4n) is 1.67. The molecule has 0 saturated carbocycles.